The van der Waals surface area contributed by atoms with E-state index in [1.54, 1.807) is 23.0 Å². The molecule has 3 heterocycles. The molecule has 1 unspecified atom stereocenters. The fourth-order valence-electron chi connectivity index (χ4n) is 2.51. The zero-order valence-corrected chi connectivity index (χ0v) is 18.5. The third kappa shape index (κ3) is 4.12. The highest BCUT2D eigenvalue weighted by Crippen LogP contribution is 2.34. The standard InChI is InChI=1S/C19H23N3O2S3/c1-6-19(3,4)21-15(23)11(2)27-18-20-16-14(17(24)22(18)5)12(10-26-16)13-8-7-9-25-13/h7-11H,6H2,1-5H3,(H,21,23). The van der Waals surface area contributed by atoms with Crippen LogP contribution in [0.15, 0.2) is 32.8 Å². The first-order valence-electron chi connectivity index (χ1n) is 8.74. The highest BCUT2D eigenvalue weighted by molar-refractivity contribution is 8.00. The van der Waals surface area contributed by atoms with Crippen LogP contribution in [-0.2, 0) is 11.8 Å². The first kappa shape index (κ1) is 20.1. The maximum Gasteiger partial charge on any atom is 0.263 e. The van der Waals surface area contributed by atoms with E-state index in [0.717, 1.165) is 16.9 Å². The van der Waals surface area contributed by atoms with E-state index in [0.29, 0.717) is 15.4 Å². The Hall–Kier alpha value is -1.64. The van der Waals surface area contributed by atoms with Crippen LogP contribution in [0.5, 0.6) is 0 Å². The summed E-state index contributed by atoms with van der Waals surface area (Å²) in [6.07, 6.45) is 0.847. The van der Waals surface area contributed by atoms with Crippen molar-refractivity contribution < 1.29 is 4.79 Å². The van der Waals surface area contributed by atoms with E-state index in [-0.39, 0.29) is 22.3 Å². The molecule has 0 radical (unpaired) electrons. The lowest BCUT2D eigenvalue weighted by molar-refractivity contribution is -0.121. The maximum atomic E-state index is 13.0. The molecule has 0 bridgehead atoms. The molecule has 8 heteroatoms. The number of carbonyl (C=O) groups excluding carboxylic acids is 1. The number of fused-ring (bicyclic) bond motifs is 1. The smallest absolute Gasteiger partial charge is 0.263 e. The number of thioether (sulfide) groups is 1. The fraction of sp³-hybridized carbons (Fsp3) is 0.421. The highest BCUT2D eigenvalue weighted by atomic mass is 32.2. The Labute approximate surface area is 170 Å². The highest BCUT2D eigenvalue weighted by Gasteiger charge is 2.24. The van der Waals surface area contributed by atoms with E-state index in [1.807, 2.05) is 50.6 Å². The van der Waals surface area contributed by atoms with Crippen molar-refractivity contribution in [2.24, 2.45) is 7.05 Å². The van der Waals surface area contributed by atoms with E-state index >= 15 is 0 Å². The van der Waals surface area contributed by atoms with Gasteiger partial charge in [0, 0.05) is 28.4 Å². The Bertz CT molecular complexity index is 1020. The van der Waals surface area contributed by atoms with Gasteiger partial charge in [0.1, 0.15) is 4.83 Å². The van der Waals surface area contributed by atoms with Gasteiger partial charge in [0.05, 0.1) is 10.6 Å². The molecular formula is C19H23N3O2S3. The van der Waals surface area contributed by atoms with Crippen molar-refractivity contribution in [1.29, 1.82) is 0 Å². The van der Waals surface area contributed by atoms with E-state index in [1.165, 1.54) is 23.1 Å². The van der Waals surface area contributed by atoms with Crippen molar-refractivity contribution in [2.75, 3.05) is 0 Å². The minimum atomic E-state index is -0.344. The Morgan fingerprint density at radius 2 is 2.15 bits per heavy atom. The van der Waals surface area contributed by atoms with Crippen LogP contribution in [0.2, 0.25) is 0 Å². The number of carbonyl (C=O) groups is 1. The molecule has 0 saturated heterocycles. The summed E-state index contributed by atoms with van der Waals surface area (Å²) < 4.78 is 1.55. The number of nitrogens with one attached hydrogen (secondary N) is 1. The molecule has 0 aromatic carbocycles. The van der Waals surface area contributed by atoms with E-state index < -0.39 is 0 Å². The minimum Gasteiger partial charge on any atom is -0.350 e. The summed E-state index contributed by atoms with van der Waals surface area (Å²) in [5, 5.41) is 7.90. The second-order valence-corrected chi connectivity index (χ2v) is 10.2. The zero-order chi connectivity index (χ0) is 19.8. The van der Waals surface area contributed by atoms with Crippen LogP contribution in [0, 0.1) is 0 Å². The number of hydrogen-bond acceptors (Lipinski definition) is 6. The van der Waals surface area contributed by atoms with Crippen molar-refractivity contribution >= 4 is 50.6 Å². The second-order valence-electron chi connectivity index (χ2n) is 7.05. The van der Waals surface area contributed by atoms with Gasteiger partial charge in [-0.2, -0.15) is 0 Å². The molecular weight excluding hydrogens is 398 g/mol. The van der Waals surface area contributed by atoms with Gasteiger partial charge in [0.15, 0.2) is 5.16 Å². The largest absolute Gasteiger partial charge is 0.350 e. The normalized spacial score (nSPS) is 13.1. The second kappa shape index (κ2) is 7.77. The molecule has 0 aliphatic carbocycles. The number of aromatic nitrogens is 2. The van der Waals surface area contributed by atoms with Crippen LogP contribution in [0.25, 0.3) is 20.7 Å². The van der Waals surface area contributed by atoms with Crippen LogP contribution in [0.3, 0.4) is 0 Å². The Morgan fingerprint density at radius 1 is 1.41 bits per heavy atom. The molecule has 0 fully saturated rings. The Morgan fingerprint density at radius 3 is 2.78 bits per heavy atom. The zero-order valence-electron chi connectivity index (χ0n) is 16.0. The number of nitrogens with zero attached hydrogens (tertiary/aromatic N) is 2. The van der Waals surface area contributed by atoms with E-state index in [9.17, 15) is 9.59 Å². The van der Waals surface area contributed by atoms with Crippen molar-refractivity contribution in [3.8, 4) is 10.4 Å². The average molecular weight is 422 g/mol. The summed E-state index contributed by atoms with van der Waals surface area (Å²) in [6.45, 7) is 7.88. The van der Waals surface area contributed by atoms with Crippen molar-refractivity contribution in [3.63, 3.8) is 0 Å². The van der Waals surface area contributed by atoms with Crippen LogP contribution in [-0.4, -0.2) is 26.2 Å². The third-order valence-corrected chi connectivity index (χ3v) is 7.48. The molecule has 0 spiro atoms. The monoisotopic (exact) mass is 421 g/mol. The summed E-state index contributed by atoms with van der Waals surface area (Å²) in [5.41, 5.74) is 0.609. The van der Waals surface area contributed by atoms with Gasteiger partial charge in [0.2, 0.25) is 5.91 Å². The molecule has 3 aromatic rings. The number of hydrogen-bond donors (Lipinski definition) is 1. The SMILES string of the molecule is CCC(C)(C)NC(=O)C(C)Sc1nc2scc(-c3cccs3)c2c(=O)n1C. The molecule has 144 valence electrons. The molecule has 0 aliphatic heterocycles. The van der Waals surface area contributed by atoms with Gasteiger partial charge < -0.3 is 5.32 Å². The summed E-state index contributed by atoms with van der Waals surface area (Å²) in [4.78, 5) is 31.9. The first-order valence-corrected chi connectivity index (χ1v) is 11.4. The van der Waals surface area contributed by atoms with Crippen LogP contribution in [0.1, 0.15) is 34.1 Å². The van der Waals surface area contributed by atoms with Crippen LogP contribution >= 0.6 is 34.4 Å². The molecule has 5 nitrogen and oxygen atoms in total. The molecule has 0 aliphatic rings. The van der Waals surface area contributed by atoms with Gasteiger partial charge in [-0.05, 0) is 38.6 Å². The lowest BCUT2D eigenvalue weighted by Crippen LogP contribution is -2.46. The van der Waals surface area contributed by atoms with Gasteiger partial charge in [-0.15, -0.1) is 22.7 Å². The van der Waals surface area contributed by atoms with Crippen molar-refractivity contribution in [2.45, 2.75) is 50.1 Å². The third-order valence-electron chi connectivity index (χ3n) is 4.56. The molecule has 1 amide bonds. The van der Waals surface area contributed by atoms with Crippen LogP contribution in [0.4, 0.5) is 0 Å². The first-order chi connectivity index (χ1) is 12.7. The lowest BCUT2D eigenvalue weighted by Gasteiger charge is -2.26. The molecule has 3 rings (SSSR count). The van der Waals surface area contributed by atoms with Gasteiger partial charge in [0.25, 0.3) is 5.56 Å². The predicted molar refractivity (Wildman–Crippen MR) is 116 cm³/mol. The summed E-state index contributed by atoms with van der Waals surface area (Å²) in [5.74, 6) is -0.0494. The van der Waals surface area contributed by atoms with Gasteiger partial charge in [-0.25, -0.2) is 4.98 Å². The molecule has 0 saturated carbocycles. The molecule has 1 N–H and O–H groups in total. The molecule has 3 aromatic heterocycles. The summed E-state index contributed by atoms with van der Waals surface area (Å²) in [7, 11) is 1.72. The lowest BCUT2D eigenvalue weighted by atomic mass is 10.0. The summed E-state index contributed by atoms with van der Waals surface area (Å²) in [6, 6.07) is 3.99. The quantitative estimate of drug-likeness (QED) is 0.470. The minimum absolute atomic E-state index is 0.0494. The average Bonchev–Trinajstić information content (AvgIpc) is 3.28. The van der Waals surface area contributed by atoms with E-state index in [4.69, 9.17) is 0 Å². The van der Waals surface area contributed by atoms with Crippen molar-refractivity contribution in [3.05, 3.63) is 33.2 Å². The fourth-order valence-corrected chi connectivity index (χ4v) is 5.18. The maximum absolute atomic E-state index is 13.0. The van der Waals surface area contributed by atoms with Crippen molar-refractivity contribution in [1.82, 2.24) is 14.9 Å². The number of rotatable bonds is 6. The van der Waals surface area contributed by atoms with Crippen LogP contribution < -0.4 is 10.9 Å². The Kier molecular flexibility index (Phi) is 5.79. The van der Waals surface area contributed by atoms with E-state index in [2.05, 4.69) is 10.3 Å². The molecule has 1 atom stereocenters. The number of amides is 1. The van der Waals surface area contributed by atoms with Gasteiger partial charge >= 0.3 is 0 Å². The van der Waals surface area contributed by atoms with Gasteiger partial charge in [-0.1, -0.05) is 24.8 Å². The topological polar surface area (TPSA) is 64.0 Å². The summed E-state index contributed by atoms with van der Waals surface area (Å²) >= 11 is 4.39. The Balaban J connectivity index is 1.92. The molecule has 27 heavy (non-hydrogen) atoms. The predicted octanol–water partition coefficient (Wildman–Crippen LogP) is 4.51. The van der Waals surface area contributed by atoms with Gasteiger partial charge in [-0.3, -0.25) is 14.2 Å². The number of thiophene rings is 2.